The van der Waals surface area contributed by atoms with Crippen molar-refractivity contribution < 1.29 is 0 Å². The van der Waals surface area contributed by atoms with Gasteiger partial charge in [-0.25, -0.2) is 9.97 Å². The van der Waals surface area contributed by atoms with Crippen molar-refractivity contribution in [2.75, 3.05) is 23.3 Å². The number of rotatable bonds is 7. The van der Waals surface area contributed by atoms with Crippen LogP contribution in [0.5, 0.6) is 0 Å². The first-order chi connectivity index (χ1) is 19.7. The molecule has 1 saturated heterocycles. The van der Waals surface area contributed by atoms with Crippen molar-refractivity contribution >= 4 is 34.6 Å². The van der Waals surface area contributed by atoms with Crippen LogP contribution in [-0.4, -0.2) is 33.7 Å². The van der Waals surface area contributed by atoms with Crippen LogP contribution in [0.3, 0.4) is 0 Å². The highest BCUT2D eigenvalue weighted by atomic mass is 15.1. The molecule has 2 aliphatic rings. The Balaban J connectivity index is 1.14. The zero-order chi connectivity index (χ0) is 26.9. The SMILES string of the molecule is C=C(Nc1ccc2c(c1)N=CC2)c1cccc(-c2cn3ccnc3c(Cc3ccc(N4CCCCC4)cc3)n2)c1. The van der Waals surface area contributed by atoms with Gasteiger partial charge in [0.1, 0.15) is 0 Å². The van der Waals surface area contributed by atoms with Gasteiger partial charge in [-0.2, -0.15) is 0 Å². The molecule has 6 heteroatoms. The van der Waals surface area contributed by atoms with Gasteiger partial charge in [-0.1, -0.05) is 43.0 Å². The molecule has 0 aliphatic carbocycles. The van der Waals surface area contributed by atoms with Crippen molar-refractivity contribution in [2.45, 2.75) is 32.1 Å². The fourth-order valence-corrected chi connectivity index (χ4v) is 5.71. The van der Waals surface area contributed by atoms with E-state index < -0.39 is 0 Å². The largest absolute Gasteiger partial charge is 0.372 e. The molecule has 1 N–H and O–H groups in total. The monoisotopic (exact) mass is 524 g/mol. The number of anilines is 2. The average Bonchev–Trinajstić information content (AvgIpc) is 3.68. The van der Waals surface area contributed by atoms with Crippen LogP contribution in [0.2, 0.25) is 0 Å². The Hall–Kier alpha value is -4.71. The number of benzene rings is 3. The quantitative estimate of drug-likeness (QED) is 0.242. The summed E-state index contributed by atoms with van der Waals surface area (Å²) in [7, 11) is 0. The molecule has 7 rings (SSSR count). The topological polar surface area (TPSA) is 57.8 Å². The Morgan fingerprint density at radius 1 is 0.950 bits per heavy atom. The first-order valence-electron chi connectivity index (χ1n) is 14.1. The molecule has 2 aliphatic heterocycles. The first-order valence-corrected chi connectivity index (χ1v) is 14.1. The Bertz CT molecular complexity index is 1720. The zero-order valence-electron chi connectivity index (χ0n) is 22.6. The number of imidazole rings is 1. The van der Waals surface area contributed by atoms with E-state index in [0.29, 0.717) is 0 Å². The Morgan fingerprint density at radius 3 is 2.70 bits per heavy atom. The van der Waals surface area contributed by atoms with Gasteiger partial charge in [0, 0.05) is 73.4 Å². The number of piperidine rings is 1. The summed E-state index contributed by atoms with van der Waals surface area (Å²) in [5, 5.41) is 3.46. The molecule has 3 aromatic carbocycles. The molecule has 6 nitrogen and oxygen atoms in total. The van der Waals surface area contributed by atoms with Crippen LogP contribution in [0.1, 0.15) is 41.6 Å². The second kappa shape index (κ2) is 10.5. The van der Waals surface area contributed by atoms with Gasteiger partial charge in [0.15, 0.2) is 5.65 Å². The molecular weight excluding hydrogens is 492 g/mol. The third-order valence-electron chi connectivity index (χ3n) is 7.90. The third-order valence-corrected chi connectivity index (χ3v) is 7.90. The molecule has 5 aromatic rings. The standard InChI is InChI=1S/C34H32N6/c1-24(37-29-11-10-26-14-15-35-31(26)22-29)27-6-5-7-28(21-27)33-23-40-19-16-36-34(40)32(38-33)20-25-8-12-30(13-9-25)39-17-3-2-4-18-39/h5-13,15-16,19,21-23,37H,1-4,14,17-18,20H2. The number of nitrogens with one attached hydrogen (secondary N) is 1. The molecule has 0 amide bonds. The molecule has 0 unspecified atom stereocenters. The number of aliphatic imine (C=N–C) groups is 1. The van der Waals surface area contributed by atoms with Crippen molar-refractivity contribution in [1.29, 1.82) is 0 Å². The number of fused-ring (bicyclic) bond motifs is 2. The van der Waals surface area contributed by atoms with Crippen molar-refractivity contribution in [1.82, 2.24) is 14.4 Å². The third kappa shape index (κ3) is 4.89. The molecule has 1 fully saturated rings. The summed E-state index contributed by atoms with van der Waals surface area (Å²) in [5.74, 6) is 0. The van der Waals surface area contributed by atoms with E-state index in [0.717, 1.165) is 71.2 Å². The van der Waals surface area contributed by atoms with Crippen LogP contribution < -0.4 is 10.2 Å². The van der Waals surface area contributed by atoms with E-state index >= 15 is 0 Å². The minimum atomic E-state index is 0.726. The second-order valence-corrected chi connectivity index (χ2v) is 10.7. The molecule has 4 heterocycles. The van der Waals surface area contributed by atoms with Crippen LogP contribution >= 0.6 is 0 Å². The molecule has 40 heavy (non-hydrogen) atoms. The molecule has 0 saturated carbocycles. The second-order valence-electron chi connectivity index (χ2n) is 10.7. The lowest BCUT2D eigenvalue weighted by atomic mass is 10.0. The molecule has 0 atom stereocenters. The lowest BCUT2D eigenvalue weighted by Gasteiger charge is -2.28. The van der Waals surface area contributed by atoms with E-state index in [-0.39, 0.29) is 0 Å². The highest BCUT2D eigenvalue weighted by Gasteiger charge is 2.14. The van der Waals surface area contributed by atoms with Crippen molar-refractivity contribution in [3.8, 4) is 11.3 Å². The fraction of sp³-hybridized carbons (Fsp3) is 0.206. The van der Waals surface area contributed by atoms with Crippen LogP contribution in [0, 0.1) is 0 Å². The first kappa shape index (κ1) is 24.3. The molecule has 198 valence electrons. The van der Waals surface area contributed by atoms with Crippen molar-refractivity contribution in [2.24, 2.45) is 4.99 Å². The predicted molar refractivity (Wildman–Crippen MR) is 165 cm³/mol. The predicted octanol–water partition coefficient (Wildman–Crippen LogP) is 7.32. The summed E-state index contributed by atoms with van der Waals surface area (Å²) >= 11 is 0. The summed E-state index contributed by atoms with van der Waals surface area (Å²) in [5.41, 5.74) is 11.5. The van der Waals surface area contributed by atoms with Crippen LogP contribution in [0.25, 0.3) is 22.6 Å². The lowest BCUT2D eigenvalue weighted by Crippen LogP contribution is -2.29. The maximum Gasteiger partial charge on any atom is 0.158 e. The fourth-order valence-electron chi connectivity index (χ4n) is 5.71. The lowest BCUT2D eigenvalue weighted by molar-refractivity contribution is 0.578. The molecule has 0 radical (unpaired) electrons. The van der Waals surface area contributed by atoms with E-state index in [1.807, 2.05) is 18.6 Å². The normalized spacial score (nSPS) is 14.4. The highest BCUT2D eigenvalue weighted by Crippen LogP contribution is 2.30. The number of aromatic nitrogens is 3. The van der Waals surface area contributed by atoms with Gasteiger partial charge in [-0.15, -0.1) is 0 Å². The number of hydrogen-bond donors (Lipinski definition) is 1. The van der Waals surface area contributed by atoms with Crippen molar-refractivity contribution in [3.63, 3.8) is 0 Å². The Labute approximate surface area is 234 Å². The zero-order valence-corrected chi connectivity index (χ0v) is 22.6. The molecule has 0 spiro atoms. The van der Waals surface area contributed by atoms with E-state index in [1.54, 1.807) is 0 Å². The van der Waals surface area contributed by atoms with Gasteiger partial charge in [-0.05, 0) is 66.3 Å². The maximum absolute atomic E-state index is 5.11. The van der Waals surface area contributed by atoms with E-state index in [9.17, 15) is 0 Å². The van der Waals surface area contributed by atoms with Crippen LogP contribution in [-0.2, 0) is 12.8 Å². The summed E-state index contributed by atoms with van der Waals surface area (Å²) < 4.78 is 2.07. The minimum absolute atomic E-state index is 0.726. The molecular formula is C34H32N6. The maximum atomic E-state index is 5.11. The van der Waals surface area contributed by atoms with Gasteiger partial charge in [-0.3, -0.25) is 4.99 Å². The Morgan fingerprint density at radius 2 is 1.82 bits per heavy atom. The van der Waals surface area contributed by atoms with Gasteiger partial charge >= 0.3 is 0 Å². The van der Waals surface area contributed by atoms with E-state index in [4.69, 9.17) is 4.98 Å². The molecule has 0 bridgehead atoms. The van der Waals surface area contributed by atoms with Crippen molar-refractivity contribution in [3.05, 3.63) is 114 Å². The summed E-state index contributed by atoms with van der Waals surface area (Å²) in [6.07, 6.45) is 13.4. The van der Waals surface area contributed by atoms with Crippen LogP contribution in [0.15, 0.2) is 96.9 Å². The Kier molecular flexibility index (Phi) is 6.36. The molecule has 2 aromatic heterocycles. The summed E-state index contributed by atoms with van der Waals surface area (Å²) in [6, 6.07) is 23.6. The van der Waals surface area contributed by atoms with Gasteiger partial charge in [0.05, 0.1) is 17.1 Å². The summed E-state index contributed by atoms with van der Waals surface area (Å²) in [4.78, 5) is 16.7. The van der Waals surface area contributed by atoms with E-state index in [1.165, 1.54) is 36.1 Å². The number of hydrogen-bond acceptors (Lipinski definition) is 5. The van der Waals surface area contributed by atoms with Gasteiger partial charge in [0.2, 0.25) is 0 Å². The summed E-state index contributed by atoms with van der Waals surface area (Å²) in [6.45, 7) is 6.62. The van der Waals surface area contributed by atoms with Gasteiger partial charge in [0.25, 0.3) is 0 Å². The van der Waals surface area contributed by atoms with Crippen LogP contribution in [0.4, 0.5) is 17.1 Å². The smallest absolute Gasteiger partial charge is 0.158 e. The van der Waals surface area contributed by atoms with Gasteiger partial charge < -0.3 is 14.6 Å². The minimum Gasteiger partial charge on any atom is -0.372 e. The number of nitrogens with zero attached hydrogens (tertiary/aromatic N) is 5. The average molecular weight is 525 g/mol. The highest BCUT2D eigenvalue weighted by molar-refractivity contribution is 5.82. The van der Waals surface area contributed by atoms with E-state index in [2.05, 4.69) is 104 Å².